The van der Waals surface area contributed by atoms with Crippen LogP contribution in [0.15, 0.2) is 12.1 Å². The van der Waals surface area contributed by atoms with Gasteiger partial charge in [0.15, 0.2) is 23.3 Å². The van der Waals surface area contributed by atoms with E-state index in [2.05, 4.69) is 0 Å². The fraction of sp³-hybridized carbons (Fsp3) is 0.143. The number of halogens is 6. The molecule has 0 saturated heterocycles. The van der Waals surface area contributed by atoms with Gasteiger partial charge in [0.25, 0.3) is 0 Å². The van der Waals surface area contributed by atoms with Gasteiger partial charge in [-0.3, -0.25) is 0 Å². The Morgan fingerprint density at radius 2 is 0.900 bits per heavy atom. The topological polar surface area (TPSA) is 0 Å². The van der Waals surface area contributed by atoms with Gasteiger partial charge in [-0.2, -0.15) is 0 Å². The molecule has 6 heteroatoms. The maximum Gasteiger partial charge on any atom is 0.200 e. The van der Waals surface area contributed by atoms with Gasteiger partial charge in [0, 0.05) is 0 Å². The van der Waals surface area contributed by atoms with E-state index in [-0.39, 0.29) is 16.7 Å². The zero-order chi connectivity index (χ0) is 15.2. The summed E-state index contributed by atoms with van der Waals surface area (Å²) < 4.78 is 80.0. The molecule has 0 aliphatic rings. The zero-order valence-corrected chi connectivity index (χ0v) is 10.4. The molecule has 0 atom stereocenters. The van der Waals surface area contributed by atoms with E-state index in [1.165, 1.54) is 13.8 Å². The summed E-state index contributed by atoms with van der Waals surface area (Å²) in [5, 5.41) is 0. The van der Waals surface area contributed by atoms with E-state index in [9.17, 15) is 26.3 Å². The number of benzene rings is 2. The van der Waals surface area contributed by atoms with E-state index in [0.717, 1.165) is 12.1 Å². The van der Waals surface area contributed by atoms with Gasteiger partial charge in [0.05, 0.1) is 5.56 Å². The summed E-state index contributed by atoms with van der Waals surface area (Å²) in [5.74, 6) is -10.8. The molecule has 2 rings (SSSR count). The lowest BCUT2D eigenvalue weighted by atomic mass is 9.94. The predicted octanol–water partition coefficient (Wildman–Crippen LogP) is 4.81. The lowest BCUT2D eigenvalue weighted by molar-refractivity contribution is 0.381. The molecular formula is C14H8F6. The summed E-state index contributed by atoms with van der Waals surface area (Å²) >= 11 is 0. The number of hydrogen-bond acceptors (Lipinski definition) is 0. The molecule has 20 heavy (non-hydrogen) atoms. The Hall–Kier alpha value is -1.98. The van der Waals surface area contributed by atoms with E-state index in [1.54, 1.807) is 0 Å². The van der Waals surface area contributed by atoms with Crippen LogP contribution in [0.3, 0.4) is 0 Å². The Bertz CT molecular complexity index is 653. The third-order valence-electron chi connectivity index (χ3n) is 2.96. The average molecular weight is 290 g/mol. The van der Waals surface area contributed by atoms with Crippen LogP contribution in [-0.4, -0.2) is 0 Å². The monoisotopic (exact) mass is 290 g/mol. The van der Waals surface area contributed by atoms with Crippen molar-refractivity contribution in [2.24, 2.45) is 0 Å². The molecule has 0 fully saturated rings. The summed E-state index contributed by atoms with van der Waals surface area (Å²) in [7, 11) is 0. The van der Waals surface area contributed by atoms with Crippen LogP contribution in [0, 0.1) is 48.8 Å². The molecule has 0 aromatic heterocycles. The van der Waals surface area contributed by atoms with Crippen LogP contribution in [-0.2, 0) is 0 Å². The van der Waals surface area contributed by atoms with E-state index in [1.807, 2.05) is 0 Å². The highest BCUT2D eigenvalue weighted by atomic mass is 19.2. The summed E-state index contributed by atoms with van der Waals surface area (Å²) in [5.41, 5.74) is -1.10. The van der Waals surface area contributed by atoms with Crippen molar-refractivity contribution in [2.75, 3.05) is 0 Å². The quantitative estimate of drug-likeness (QED) is 0.402. The molecule has 2 aromatic rings. The first kappa shape index (κ1) is 14.4. The lowest BCUT2D eigenvalue weighted by Crippen LogP contribution is -2.06. The van der Waals surface area contributed by atoms with Crippen LogP contribution < -0.4 is 0 Å². The minimum atomic E-state index is -2.22. The Morgan fingerprint density at radius 1 is 0.550 bits per heavy atom. The highest BCUT2D eigenvalue weighted by Gasteiger charge is 2.28. The lowest BCUT2D eigenvalue weighted by Gasteiger charge is -2.13. The Labute approximate surface area is 110 Å². The fourth-order valence-corrected chi connectivity index (χ4v) is 2.13. The molecule has 2 aromatic carbocycles. The first-order valence-corrected chi connectivity index (χ1v) is 5.54. The maximum atomic E-state index is 13.7. The molecule has 0 bridgehead atoms. The predicted molar refractivity (Wildman–Crippen MR) is 61.1 cm³/mol. The molecule has 0 radical (unpaired) electrons. The van der Waals surface area contributed by atoms with Gasteiger partial charge in [-0.15, -0.1) is 0 Å². The van der Waals surface area contributed by atoms with Gasteiger partial charge >= 0.3 is 0 Å². The zero-order valence-electron chi connectivity index (χ0n) is 10.4. The number of aryl methyl sites for hydroxylation is 2. The molecule has 0 amide bonds. The van der Waals surface area contributed by atoms with Gasteiger partial charge in [0.2, 0.25) is 5.82 Å². The molecule has 0 N–H and O–H groups in total. The van der Waals surface area contributed by atoms with Crippen molar-refractivity contribution >= 4 is 0 Å². The second kappa shape index (κ2) is 4.85. The Balaban J connectivity index is 2.91. The second-order valence-corrected chi connectivity index (χ2v) is 4.36. The standard InChI is InChI=1S/C14H8F6/c1-5-3-7(15)4-6(2)8(5)9-10(16)12(18)14(20)13(19)11(9)17/h3-4H,1-2H3. The van der Waals surface area contributed by atoms with E-state index >= 15 is 0 Å². The highest BCUT2D eigenvalue weighted by molar-refractivity contribution is 5.72. The van der Waals surface area contributed by atoms with E-state index in [4.69, 9.17) is 0 Å². The third kappa shape index (κ3) is 2.05. The van der Waals surface area contributed by atoms with Crippen molar-refractivity contribution in [1.82, 2.24) is 0 Å². The second-order valence-electron chi connectivity index (χ2n) is 4.36. The van der Waals surface area contributed by atoms with Crippen LogP contribution in [0.1, 0.15) is 11.1 Å². The smallest absolute Gasteiger partial charge is 0.200 e. The van der Waals surface area contributed by atoms with Crippen molar-refractivity contribution in [2.45, 2.75) is 13.8 Å². The first-order chi connectivity index (χ1) is 9.25. The normalized spacial score (nSPS) is 11.0. The van der Waals surface area contributed by atoms with E-state index < -0.39 is 40.5 Å². The summed E-state index contributed by atoms with van der Waals surface area (Å²) in [4.78, 5) is 0. The first-order valence-electron chi connectivity index (χ1n) is 5.54. The maximum absolute atomic E-state index is 13.7. The van der Waals surface area contributed by atoms with Crippen LogP contribution in [0.5, 0.6) is 0 Å². The van der Waals surface area contributed by atoms with Crippen molar-refractivity contribution in [3.05, 3.63) is 58.2 Å². The van der Waals surface area contributed by atoms with Crippen LogP contribution in [0.25, 0.3) is 11.1 Å². The molecule has 106 valence electrons. The van der Waals surface area contributed by atoms with E-state index in [0.29, 0.717) is 0 Å². The third-order valence-corrected chi connectivity index (χ3v) is 2.96. The molecular weight excluding hydrogens is 282 g/mol. The average Bonchev–Trinajstić information content (AvgIpc) is 2.37. The van der Waals surface area contributed by atoms with Crippen molar-refractivity contribution in [3.63, 3.8) is 0 Å². The van der Waals surface area contributed by atoms with Crippen LogP contribution in [0.4, 0.5) is 26.3 Å². The van der Waals surface area contributed by atoms with Gasteiger partial charge in [0.1, 0.15) is 5.82 Å². The van der Waals surface area contributed by atoms with Crippen molar-refractivity contribution in [1.29, 1.82) is 0 Å². The Kier molecular flexibility index (Phi) is 3.50. The number of rotatable bonds is 1. The minimum absolute atomic E-state index is 0.0747. The molecule has 0 unspecified atom stereocenters. The number of hydrogen-bond donors (Lipinski definition) is 0. The van der Waals surface area contributed by atoms with Gasteiger partial charge < -0.3 is 0 Å². The molecule has 0 aliphatic carbocycles. The molecule has 0 aliphatic heterocycles. The minimum Gasteiger partial charge on any atom is -0.207 e. The van der Waals surface area contributed by atoms with Gasteiger partial charge in [-0.25, -0.2) is 26.3 Å². The summed E-state index contributed by atoms with van der Waals surface area (Å²) in [6, 6.07) is 1.92. The van der Waals surface area contributed by atoms with Gasteiger partial charge in [-0.1, -0.05) is 0 Å². The van der Waals surface area contributed by atoms with Crippen molar-refractivity contribution < 1.29 is 26.3 Å². The van der Waals surface area contributed by atoms with Crippen LogP contribution in [0.2, 0.25) is 0 Å². The van der Waals surface area contributed by atoms with Crippen LogP contribution >= 0.6 is 0 Å². The molecule has 0 saturated carbocycles. The molecule has 0 heterocycles. The SMILES string of the molecule is Cc1cc(F)cc(C)c1-c1c(F)c(F)c(F)c(F)c1F. The summed E-state index contributed by atoms with van der Waals surface area (Å²) in [6.07, 6.45) is 0. The summed E-state index contributed by atoms with van der Waals surface area (Å²) in [6.45, 7) is 2.65. The fourth-order valence-electron chi connectivity index (χ4n) is 2.13. The van der Waals surface area contributed by atoms with Gasteiger partial charge in [-0.05, 0) is 42.7 Å². The largest absolute Gasteiger partial charge is 0.207 e. The van der Waals surface area contributed by atoms with Crippen molar-refractivity contribution in [3.8, 4) is 11.1 Å². The molecule has 0 nitrogen and oxygen atoms in total. The Morgan fingerprint density at radius 3 is 1.30 bits per heavy atom. The molecule has 0 spiro atoms. The highest BCUT2D eigenvalue weighted by Crippen LogP contribution is 2.35.